The van der Waals surface area contributed by atoms with Crippen molar-refractivity contribution in [1.82, 2.24) is 10.2 Å². The molecule has 0 radical (unpaired) electrons. The summed E-state index contributed by atoms with van der Waals surface area (Å²) < 4.78 is 16.0. The fourth-order valence-corrected chi connectivity index (χ4v) is 4.72. The summed E-state index contributed by atoms with van der Waals surface area (Å²) in [4.78, 5) is 27.4. The summed E-state index contributed by atoms with van der Waals surface area (Å²) in [5, 5.41) is 3.09. The number of rotatable bonds is 8. The number of nitrogens with zero attached hydrogens (tertiary/aromatic N) is 1. The number of piperidine rings is 1. The quantitative estimate of drug-likeness (QED) is 0.676. The topological polar surface area (TPSA) is 77.1 Å². The molecule has 0 bridgehead atoms. The van der Waals surface area contributed by atoms with Crippen molar-refractivity contribution >= 4 is 11.8 Å². The van der Waals surface area contributed by atoms with Gasteiger partial charge in [-0.25, -0.2) is 0 Å². The number of likely N-dealkylation sites (tertiary alicyclic amines) is 1. The molecule has 3 rings (SSSR count). The lowest BCUT2D eigenvalue weighted by atomic mass is 9.86. The molecule has 1 aliphatic heterocycles. The van der Waals surface area contributed by atoms with Crippen molar-refractivity contribution in [2.45, 2.75) is 63.8 Å². The highest BCUT2D eigenvalue weighted by atomic mass is 16.5. The maximum absolute atomic E-state index is 12.8. The minimum atomic E-state index is -0.179. The molecule has 7 nitrogen and oxygen atoms in total. The van der Waals surface area contributed by atoms with Crippen LogP contribution in [-0.4, -0.2) is 57.2 Å². The highest BCUT2D eigenvalue weighted by molar-refractivity contribution is 5.95. The Kier molecular flexibility index (Phi) is 8.43. The predicted octanol–water partition coefficient (Wildman–Crippen LogP) is 3.79. The van der Waals surface area contributed by atoms with Crippen LogP contribution in [0.5, 0.6) is 17.2 Å². The lowest BCUT2D eigenvalue weighted by molar-refractivity contribution is -0.132. The highest BCUT2D eigenvalue weighted by Gasteiger charge is 2.26. The second kappa shape index (κ2) is 11.3. The van der Waals surface area contributed by atoms with E-state index < -0.39 is 0 Å². The van der Waals surface area contributed by atoms with Gasteiger partial charge in [0.2, 0.25) is 11.7 Å². The number of hydrogen-bond donors (Lipinski definition) is 1. The van der Waals surface area contributed by atoms with E-state index in [4.69, 9.17) is 14.2 Å². The smallest absolute Gasteiger partial charge is 0.251 e. The Morgan fingerprint density at radius 3 is 2.10 bits per heavy atom. The van der Waals surface area contributed by atoms with Crippen LogP contribution in [0.25, 0.3) is 0 Å². The molecule has 172 valence electrons. The van der Waals surface area contributed by atoms with Crippen LogP contribution in [0, 0.1) is 5.92 Å². The molecule has 2 fully saturated rings. The summed E-state index contributed by atoms with van der Waals surface area (Å²) in [6.07, 6.45) is 9.76. The van der Waals surface area contributed by atoms with E-state index in [2.05, 4.69) is 5.32 Å². The van der Waals surface area contributed by atoms with E-state index in [0.717, 1.165) is 25.2 Å². The van der Waals surface area contributed by atoms with Gasteiger partial charge in [-0.2, -0.15) is 0 Å². The van der Waals surface area contributed by atoms with Crippen LogP contribution in [0.2, 0.25) is 0 Å². The highest BCUT2D eigenvalue weighted by Crippen LogP contribution is 2.38. The maximum Gasteiger partial charge on any atom is 0.251 e. The van der Waals surface area contributed by atoms with Crippen molar-refractivity contribution in [1.29, 1.82) is 0 Å². The maximum atomic E-state index is 12.8. The number of amides is 2. The second-order valence-corrected chi connectivity index (χ2v) is 8.59. The first-order chi connectivity index (χ1) is 15.0. The van der Waals surface area contributed by atoms with Gasteiger partial charge in [0.05, 0.1) is 21.3 Å². The molecule has 1 N–H and O–H groups in total. The third-order valence-corrected chi connectivity index (χ3v) is 6.60. The number of hydrogen-bond acceptors (Lipinski definition) is 5. The van der Waals surface area contributed by atoms with E-state index in [-0.39, 0.29) is 17.9 Å². The molecule has 1 heterocycles. The van der Waals surface area contributed by atoms with Crippen LogP contribution in [0.15, 0.2) is 12.1 Å². The average Bonchev–Trinajstić information content (AvgIpc) is 2.82. The fraction of sp³-hybridized carbons (Fsp3) is 0.667. The Balaban J connectivity index is 1.49. The van der Waals surface area contributed by atoms with Gasteiger partial charge in [-0.05, 0) is 37.3 Å². The summed E-state index contributed by atoms with van der Waals surface area (Å²) in [7, 11) is 4.59. The molecule has 0 aromatic heterocycles. The van der Waals surface area contributed by atoms with Crippen LogP contribution in [0.4, 0.5) is 0 Å². The largest absolute Gasteiger partial charge is 0.493 e. The number of methoxy groups -OCH3 is 3. The van der Waals surface area contributed by atoms with Gasteiger partial charge in [-0.15, -0.1) is 0 Å². The summed E-state index contributed by atoms with van der Waals surface area (Å²) in [5.41, 5.74) is 0.459. The lowest BCUT2D eigenvalue weighted by Gasteiger charge is -2.33. The van der Waals surface area contributed by atoms with Gasteiger partial charge in [0.1, 0.15) is 0 Å². The molecule has 1 saturated carbocycles. The number of benzene rings is 1. The molecule has 0 unspecified atom stereocenters. The van der Waals surface area contributed by atoms with Crippen molar-refractivity contribution in [3.8, 4) is 17.2 Å². The van der Waals surface area contributed by atoms with Crippen molar-refractivity contribution in [3.05, 3.63) is 17.7 Å². The first kappa shape index (κ1) is 23.2. The van der Waals surface area contributed by atoms with Crippen molar-refractivity contribution in [2.75, 3.05) is 34.4 Å². The Morgan fingerprint density at radius 2 is 1.55 bits per heavy atom. The Morgan fingerprint density at radius 1 is 0.935 bits per heavy atom. The minimum Gasteiger partial charge on any atom is -0.493 e. The summed E-state index contributed by atoms with van der Waals surface area (Å²) in [6, 6.07) is 3.36. The first-order valence-electron chi connectivity index (χ1n) is 11.4. The third kappa shape index (κ3) is 6.05. The SMILES string of the molecule is COc1cc(C(=O)NC2CCN(C(=O)CCC3CCCCC3)CC2)cc(OC)c1OC. The van der Waals surface area contributed by atoms with Gasteiger partial charge in [-0.1, -0.05) is 32.1 Å². The molecule has 0 atom stereocenters. The molecule has 7 heteroatoms. The normalized spacial score (nSPS) is 17.8. The van der Waals surface area contributed by atoms with E-state index in [0.29, 0.717) is 42.3 Å². The Bertz CT molecular complexity index is 727. The fourth-order valence-electron chi connectivity index (χ4n) is 4.72. The number of nitrogens with one attached hydrogen (secondary N) is 1. The monoisotopic (exact) mass is 432 g/mol. The molecule has 31 heavy (non-hydrogen) atoms. The van der Waals surface area contributed by atoms with Crippen molar-refractivity contribution in [2.24, 2.45) is 5.92 Å². The van der Waals surface area contributed by atoms with Crippen LogP contribution in [0.1, 0.15) is 68.1 Å². The Labute approximate surface area is 185 Å². The van der Waals surface area contributed by atoms with Crippen molar-refractivity contribution in [3.63, 3.8) is 0 Å². The lowest BCUT2D eigenvalue weighted by Crippen LogP contribution is -2.46. The molecular formula is C24H36N2O5. The third-order valence-electron chi connectivity index (χ3n) is 6.60. The van der Waals surface area contributed by atoms with Crippen LogP contribution < -0.4 is 19.5 Å². The van der Waals surface area contributed by atoms with Gasteiger partial charge in [0.15, 0.2) is 11.5 Å². The van der Waals surface area contributed by atoms with Crippen molar-refractivity contribution < 1.29 is 23.8 Å². The summed E-state index contributed by atoms with van der Waals surface area (Å²) in [6.45, 7) is 1.40. The molecule has 1 aromatic carbocycles. The first-order valence-corrected chi connectivity index (χ1v) is 11.4. The molecule has 1 aliphatic carbocycles. The van der Waals surface area contributed by atoms with E-state index in [1.807, 2.05) is 4.90 Å². The minimum absolute atomic E-state index is 0.0500. The zero-order valence-electron chi connectivity index (χ0n) is 19.1. The molecule has 2 amide bonds. The van der Waals surface area contributed by atoms with E-state index in [1.54, 1.807) is 12.1 Å². The average molecular weight is 433 g/mol. The molecule has 1 aromatic rings. The van der Waals surface area contributed by atoms with Gasteiger partial charge in [0, 0.05) is 31.1 Å². The van der Waals surface area contributed by atoms with E-state index in [1.165, 1.54) is 53.4 Å². The van der Waals surface area contributed by atoms with Crippen LogP contribution in [0.3, 0.4) is 0 Å². The molecule has 1 saturated heterocycles. The number of carbonyl (C=O) groups excluding carboxylic acids is 2. The van der Waals surface area contributed by atoms with E-state index in [9.17, 15) is 9.59 Å². The van der Waals surface area contributed by atoms with Crippen LogP contribution in [-0.2, 0) is 4.79 Å². The van der Waals surface area contributed by atoms with Crippen LogP contribution >= 0.6 is 0 Å². The zero-order chi connectivity index (χ0) is 22.2. The van der Waals surface area contributed by atoms with Gasteiger partial charge in [-0.3, -0.25) is 9.59 Å². The molecular weight excluding hydrogens is 396 g/mol. The molecule has 0 spiro atoms. The number of carbonyl (C=O) groups is 2. The number of ether oxygens (including phenoxy) is 3. The summed E-state index contributed by atoms with van der Waals surface area (Å²) >= 11 is 0. The zero-order valence-corrected chi connectivity index (χ0v) is 19.1. The standard InChI is InChI=1S/C24H36N2O5/c1-29-20-15-18(16-21(30-2)23(20)31-3)24(28)25-19-11-13-26(14-12-19)22(27)10-9-17-7-5-4-6-8-17/h15-17,19H,4-14H2,1-3H3,(H,25,28). The predicted molar refractivity (Wildman–Crippen MR) is 119 cm³/mol. The Hall–Kier alpha value is -2.44. The van der Waals surface area contributed by atoms with E-state index >= 15 is 0 Å². The summed E-state index contributed by atoms with van der Waals surface area (Å²) in [5.74, 6) is 2.17. The van der Waals surface area contributed by atoms with Gasteiger partial charge in [0.25, 0.3) is 5.91 Å². The van der Waals surface area contributed by atoms with Gasteiger partial charge >= 0.3 is 0 Å². The second-order valence-electron chi connectivity index (χ2n) is 8.59. The molecule has 2 aliphatic rings. The van der Waals surface area contributed by atoms with Gasteiger partial charge < -0.3 is 24.4 Å².